The van der Waals surface area contributed by atoms with Crippen molar-refractivity contribution in [3.63, 3.8) is 0 Å². The van der Waals surface area contributed by atoms with E-state index in [4.69, 9.17) is 0 Å². The second-order valence-electron chi connectivity index (χ2n) is 7.52. The fourth-order valence-corrected chi connectivity index (χ4v) is 3.99. The van der Waals surface area contributed by atoms with Crippen LogP contribution in [0, 0.1) is 6.92 Å². The molecule has 2 fully saturated rings. The van der Waals surface area contributed by atoms with Crippen molar-refractivity contribution >= 4 is 11.6 Å². The van der Waals surface area contributed by atoms with Crippen LogP contribution in [0.4, 0.5) is 5.69 Å². The Morgan fingerprint density at radius 3 is 2.80 bits per heavy atom. The topological polar surface area (TPSA) is 59.0 Å². The summed E-state index contributed by atoms with van der Waals surface area (Å²) in [4.78, 5) is 12.5. The first-order valence-electron chi connectivity index (χ1n) is 9.27. The molecular weight excluding hydrogens is 312 g/mol. The molecule has 2 saturated carbocycles. The van der Waals surface area contributed by atoms with Gasteiger partial charge in [-0.1, -0.05) is 18.9 Å². The van der Waals surface area contributed by atoms with Gasteiger partial charge in [0.05, 0.1) is 11.9 Å². The van der Waals surface area contributed by atoms with Crippen LogP contribution in [0.1, 0.15) is 59.5 Å². The monoisotopic (exact) mass is 338 g/mol. The zero-order valence-electron chi connectivity index (χ0n) is 15.0. The van der Waals surface area contributed by atoms with Crippen LogP contribution in [0.5, 0.6) is 0 Å². The van der Waals surface area contributed by atoms with Crippen molar-refractivity contribution in [2.75, 3.05) is 5.32 Å². The van der Waals surface area contributed by atoms with Crippen LogP contribution in [-0.2, 0) is 7.05 Å². The number of aromatic nitrogens is 2. The molecule has 0 spiro atoms. The van der Waals surface area contributed by atoms with E-state index in [1.807, 2.05) is 13.1 Å². The smallest absolute Gasteiger partial charge is 0.255 e. The third-order valence-electron chi connectivity index (χ3n) is 5.50. The molecule has 2 N–H and O–H groups in total. The third-order valence-corrected chi connectivity index (χ3v) is 5.50. The summed E-state index contributed by atoms with van der Waals surface area (Å²) >= 11 is 0. The quantitative estimate of drug-likeness (QED) is 0.879. The molecule has 25 heavy (non-hydrogen) atoms. The highest BCUT2D eigenvalue weighted by Crippen LogP contribution is 2.43. The molecule has 2 atom stereocenters. The summed E-state index contributed by atoms with van der Waals surface area (Å²) in [6.45, 7) is 2.14. The maximum Gasteiger partial charge on any atom is 0.255 e. The standard InChI is InChI=1S/C20H26N4O/c1-13-7-8-14(20(25)23-16-11-21-24(2)12-16)9-17(13)18-10-19(18)22-15-5-3-4-6-15/h7-9,11-12,15,18-19,22H,3-6,10H2,1-2H3,(H,23,25). The number of rotatable bonds is 5. The molecule has 2 unspecified atom stereocenters. The molecule has 2 aliphatic carbocycles. The Morgan fingerprint density at radius 2 is 2.08 bits per heavy atom. The van der Waals surface area contributed by atoms with Crippen molar-refractivity contribution in [3.05, 3.63) is 47.3 Å². The number of carbonyl (C=O) groups is 1. The number of hydrogen-bond acceptors (Lipinski definition) is 3. The van der Waals surface area contributed by atoms with Crippen LogP contribution in [0.15, 0.2) is 30.6 Å². The van der Waals surface area contributed by atoms with E-state index in [1.54, 1.807) is 17.1 Å². The lowest BCUT2D eigenvalue weighted by atomic mass is 10.0. The molecular formula is C20H26N4O. The zero-order valence-corrected chi connectivity index (χ0v) is 15.0. The van der Waals surface area contributed by atoms with Gasteiger partial charge in [-0.25, -0.2) is 0 Å². The van der Waals surface area contributed by atoms with Gasteiger partial charge in [-0.3, -0.25) is 9.48 Å². The minimum absolute atomic E-state index is 0.0739. The predicted octanol–water partition coefficient (Wildman–Crippen LogP) is 3.37. The summed E-state index contributed by atoms with van der Waals surface area (Å²) in [5.41, 5.74) is 4.03. The fourth-order valence-electron chi connectivity index (χ4n) is 3.99. The highest BCUT2D eigenvalue weighted by molar-refractivity contribution is 6.04. The van der Waals surface area contributed by atoms with Crippen molar-refractivity contribution in [1.29, 1.82) is 0 Å². The van der Waals surface area contributed by atoms with Gasteiger partial charge in [-0.2, -0.15) is 5.10 Å². The summed E-state index contributed by atoms with van der Waals surface area (Å²) in [6, 6.07) is 7.33. The minimum Gasteiger partial charge on any atom is -0.319 e. The molecule has 1 amide bonds. The van der Waals surface area contributed by atoms with E-state index in [2.05, 4.69) is 34.8 Å². The number of aryl methyl sites for hydroxylation is 2. The van der Waals surface area contributed by atoms with Gasteiger partial charge < -0.3 is 10.6 Å². The predicted molar refractivity (Wildman–Crippen MR) is 98.9 cm³/mol. The van der Waals surface area contributed by atoms with E-state index in [-0.39, 0.29) is 5.91 Å². The molecule has 1 aromatic carbocycles. The molecule has 1 aromatic heterocycles. The summed E-state index contributed by atoms with van der Waals surface area (Å²) in [7, 11) is 1.84. The normalized spacial score (nSPS) is 23.0. The molecule has 0 radical (unpaired) electrons. The fraction of sp³-hybridized carbons (Fsp3) is 0.500. The van der Waals surface area contributed by atoms with Gasteiger partial charge in [0.25, 0.3) is 5.91 Å². The molecule has 4 rings (SSSR count). The van der Waals surface area contributed by atoms with E-state index in [9.17, 15) is 4.79 Å². The molecule has 5 nitrogen and oxygen atoms in total. The lowest BCUT2D eigenvalue weighted by Crippen LogP contribution is -2.29. The number of carbonyl (C=O) groups excluding carboxylic acids is 1. The minimum atomic E-state index is -0.0739. The molecule has 2 aromatic rings. The first kappa shape index (κ1) is 16.3. The van der Waals surface area contributed by atoms with Crippen molar-refractivity contribution in [2.45, 2.75) is 57.0 Å². The van der Waals surface area contributed by atoms with E-state index >= 15 is 0 Å². The van der Waals surface area contributed by atoms with Gasteiger partial charge in [0.2, 0.25) is 0 Å². The first-order valence-corrected chi connectivity index (χ1v) is 9.27. The Morgan fingerprint density at radius 1 is 1.28 bits per heavy atom. The lowest BCUT2D eigenvalue weighted by Gasteiger charge is -2.13. The Balaban J connectivity index is 1.44. The van der Waals surface area contributed by atoms with Gasteiger partial charge in [0.1, 0.15) is 0 Å². The van der Waals surface area contributed by atoms with Crippen LogP contribution < -0.4 is 10.6 Å². The molecule has 1 heterocycles. The molecule has 132 valence electrons. The van der Waals surface area contributed by atoms with E-state index in [1.165, 1.54) is 43.2 Å². The van der Waals surface area contributed by atoms with Crippen LogP contribution in [-0.4, -0.2) is 27.8 Å². The van der Waals surface area contributed by atoms with Crippen LogP contribution in [0.25, 0.3) is 0 Å². The average Bonchev–Trinajstić information content (AvgIpc) is 2.94. The number of nitrogens with one attached hydrogen (secondary N) is 2. The first-order chi connectivity index (χ1) is 12.1. The molecule has 5 heteroatoms. The Bertz CT molecular complexity index is 776. The summed E-state index contributed by atoms with van der Waals surface area (Å²) < 4.78 is 1.68. The average molecular weight is 338 g/mol. The summed E-state index contributed by atoms with van der Waals surface area (Å²) in [5, 5.41) is 10.8. The van der Waals surface area contributed by atoms with Crippen molar-refractivity contribution < 1.29 is 4.79 Å². The molecule has 0 aliphatic heterocycles. The van der Waals surface area contributed by atoms with Crippen molar-refractivity contribution in [2.24, 2.45) is 7.05 Å². The molecule has 0 saturated heterocycles. The zero-order chi connectivity index (χ0) is 17.4. The summed E-state index contributed by atoms with van der Waals surface area (Å²) in [6.07, 6.45) is 10.00. The molecule has 0 bridgehead atoms. The highest BCUT2D eigenvalue weighted by Gasteiger charge is 2.40. The Hall–Kier alpha value is -2.14. The number of amides is 1. The maximum atomic E-state index is 12.5. The second-order valence-corrected chi connectivity index (χ2v) is 7.52. The van der Waals surface area contributed by atoms with Crippen molar-refractivity contribution in [1.82, 2.24) is 15.1 Å². The van der Waals surface area contributed by atoms with Crippen LogP contribution >= 0.6 is 0 Å². The summed E-state index contributed by atoms with van der Waals surface area (Å²) in [5.74, 6) is 0.474. The van der Waals surface area contributed by atoms with Gasteiger partial charge in [-0.05, 0) is 49.4 Å². The maximum absolute atomic E-state index is 12.5. The number of anilines is 1. The second kappa shape index (κ2) is 6.64. The van der Waals surface area contributed by atoms with Gasteiger partial charge in [0, 0.05) is 36.8 Å². The molecule has 2 aliphatic rings. The van der Waals surface area contributed by atoms with Gasteiger partial charge >= 0.3 is 0 Å². The lowest BCUT2D eigenvalue weighted by molar-refractivity contribution is 0.102. The highest BCUT2D eigenvalue weighted by atomic mass is 16.1. The van der Waals surface area contributed by atoms with Gasteiger partial charge in [0.15, 0.2) is 0 Å². The number of hydrogen-bond donors (Lipinski definition) is 2. The van der Waals surface area contributed by atoms with E-state index < -0.39 is 0 Å². The van der Waals surface area contributed by atoms with Crippen molar-refractivity contribution in [3.8, 4) is 0 Å². The van der Waals surface area contributed by atoms with E-state index in [0.29, 0.717) is 18.0 Å². The van der Waals surface area contributed by atoms with Crippen LogP contribution in [0.2, 0.25) is 0 Å². The SMILES string of the molecule is Cc1ccc(C(=O)Nc2cnn(C)c2)cc1C1CC1NC1CCCC1. The largest absolute Gasteiger partial charge is 0.319 e. The van der Waals surface area contributed by atoms with Gasteiger partial charge in [-0.15, -0.1) is 0 Å². The van der Waals surface area contributed by atoms with Crippen LogP contribution in [0.3, 0.4) is 0 Å². The Kier molecular flexibility index (Phi) is 4.34. The Labute approximate surface area is 148 Å². The number of benzene rings is 1. The van der Waals surface area contributed by atoms with E-state index in [0.717, 1.165) is 11.3 Å². The third kappa shape index (κ3) is 3.61. The number of nitrogens with zero attached hydrogens (tertiary/aromatic N) is 2.